The molecule has 0 bridgehead atoms. The molecule has 0 saturated heterocycles. The van der Waals surface area contributed by atoms with Crippen molar-refractivity contribution in [2.24, 2.45) is 0 Å². The number of nitrogens with two attached hydrogens (primary N) is 1. The van der Waals surface area contributed by atoms with Gasteiger partial charge in [-0.2, -0.15) is 0 Å². The number of benzene rings is 2. The monoisotopic (exact) mass is 600 g/mol. The summed E-state index contributed by atoms with van der Waals surface area (Å²) in [5.41, 5.74) is 11.4. The summed E-state index contributed by atoms with van der Waals surface area (Å²) in [7, 11) is 5.65. The fourth-order valence-electron chi connectivity index (χ4n) is 5.40. The fourth-order valence-corrected chi connectivity index (χ4v) is 5.40. The number of nitrogen functional groups attached to an aromatic ring is 1. The molecule has 2 aromatic heterocycles. The minimum atomic E-state index is -0.231. The zero-order valence-corrected chi connectivity index (χ0v) is 27.9. The second-order valence-electron chi connectivity index (χ2n) is 13.4. The summed E-state index contributed by atoms with van der Waals surface area (Å²) >= 11 is 0. The number of anilines is 2. The zero-order chi connectivity index (χ0) is 32.4. The average Bonchev–Trinajstić information content (AvgIpc) is 3.38. The first-order valence-electron chi connectivity index (χ1n) is 15.2. The summed E-state index contributed by atoms with van der Waals surface area (Å²) in [6.07, 6.45) is 4.30. The number of ether oxygens (including phenoxy) is 2. The lowest BCUT2D eigenvalue weighted by Crippen LogP contribution is -2.37. The molecule has 2 heterocycles. The van der Waals surface area contributed by atoms with Gasteiger partial charge in [-0.05, 0) is 93.1 Å². The molecule has 0 aliphatic heterocycles. The Balaban J connectivity index is 0.000000225. The van der Waals surface area contributed by atoms with E-state index in [2.05, 4.69) is 100 Å². The number of methoxy groups -OCH3 is 1. The van der Waals surface area contributed by atoms with Crippen LogP contribution in [-0.2, 0) is 15.7 Å². The molecular weight excluding hydrogens is 552 g/mol. The van der Waals surface area contributed by atoms with Crippen LogP contribution in [0.4, 0.5) is 11.4 Å². The third-order valence-corrected chi connectivity index (χ3v) is 8.55. The van der Waals surface area contributed by atoms with Crippen LogP contribution in [0, 0.1) is 0 Å². The second kappa shape index (κ2) is 12.9. The van der Waals surface area contributed by atoms with Crippen LogP contribution in [0.3, 0.4) is 0 Å². The van der Waals surface area contributed by atoms with Gasteiger partial charge in [0.1, 0.15) is 11.9 Å². The van der Waals surface area contributed by atoms with Gasteiger partial charge in [-0.25, -0.2) is 0 Å². The fraction of sp³-hybridized carbons (Fsp3) is 0.457. The van der Waals surface area contributed by atoms with Crippen LogP contribution < -0.4 is 20.5 Å². The van der Waals surface area contributed by atoms with Crippen LogP contribution in [0.2, 0.25) is 0 Å². The number of rotatable bonds is 6. The molecule has 0 saturated carbocycles. The van der Waals surface area contributed by atoms with Gasteiger partial charge in [-0.15, -0.1) is 10.2 Å². The highest BCUT2D eigenvalue weighted by atomic mass is 16.5. The lowest BCUT2D eigenvalue weighted by molar-refractivity contribution is -0.114. The highest BCUT2D eigenvalue weighted by Crippen LogP contribution is 2.40. The Morgan fingerprint density at radius 2 is 1.70 bits per heavy atom. The van der Waals surface area contributed by atoms with Gasteiger partial charge in [0.2, 0.25) is 5.91 Å². The molecular formula is C35H48N6O3. The second-order valence-corrected chi connectivity index (χ2v) is 13.4. The Kier molecular flexibility index (Phi) is 9.59. The largest absolute Gasteiger partial charge is 0.492 e. The molecule has 1 aliphatic rings. The van der Waals surface area contributed by atoms with Crippen molar-refractivity contribution in [3.63, 3.8) is 0 Å². The minimum Gasteiger partial charge on any atom is -0.492 e. The Hall–Kier alpha value is -4.11. The quantitative estimate of drug-likeness (QED) is 0.228. The van der Waals surface area contributed by atoms with Gasteiger partial charge in [0, 0.05) is 6.92 Å². The van der Waals surface area contributed by atoms with Crippen molar-refractivity contribution in [2.45, 2.75) is 84.3 Å². The smallest absolute Gasteiger partial charge is 0.221 e. The number of amides is 1. The molecule has 9 heteroatoms. The van der Waals surface area contributed by atoms with E-state index < -0.39 is 0 Å². The lowest BCUT2D eigenvalue weighted by atomic mass is 9.82. The van der Waals surface area contributed by atoms with E-state index >= 15 is 0 Å². The molecule has 4 aromatic rings. The highest BCUT2D eigenvalue weighted by molar-refractivity contribution is 5.92. The molecule has 2 atom stereocenters. The van der Waals surface area contributed by atoms with Crippen molar-refractivity contribution >= 4 is 22.9 Å². The van der Waals surface area contributed by atoms with Gasteiger partial charge >= 0.3 is 0 Å². The number of pyridine rings is 1. The number of hydrogen-bond donors (Lipinski definition) is 2. The standard InChI is InChI=1S/C22H28N4O.C13H20N2O2/c1-15-10-12-19(18-9-7-6-8-17(15)18)27-16-11-13-20-23-24-21(26(20)14-16)22(2,3)25(4)5;1-8(16)15-11-7-9(13(2,3)4)6-10(14)12(11)17-5/h6-9,11,13-15,19H,10,12H2,1-5H3;6-7H,14H2,1-5H3,(H,15,16)/t15-,19?;/m0./s1. The minimum absolute atomic E-state index is 0.0341. The molecule has 1 aliphatic carbocycles. The van der Waals surface area contributed by atoms with Crippen LogP contribution in [0.15, 0.2) is 54.7 Å². The number of aromatic nitrogens is 3. The Morgan fingerprint density at radius 3 is 2.32 bits per heavy atom. The third kappa shape index (κ3) is 6.99. The highest BCUT2D eigenvalue weighted by Gasteiger charge is 2.30. The van der Waals surface area contributed by atoms with E-state index in [1.54, 1.807) is 0 Å². The molecule has 2 aromatic carbocycles. The number of carbonyl (C=O) groups excluding carboxylic acids is 1. The summed E-state index contributed by atoms with van der Waals surface area (Å²) < 4.78 is 13.7. The van der Waals surface area contributed by atoms with Gasteiger partial charge in [-0.1, -0.05) is 52.0 Å². The summed E-state index contributed by atoms with van der Waals surface area (Å²) in [4.78, 5) is 13.3. The van der Waals surface area contributed by atoms with Gasteiger partial charge in [0.15, 0.2) is 17.2 Å². The van der Waals surface area contributed by atoms with Crippen molar-refractivity contribution in [1.82, 2.24) is 19.5 Å². The number of nitrogens with one attached hydrogen (secondary N) is 1. The maximum Gasteiger partial charge on any atom is 0.221 e. The van der Waals surface area contributed by atoms with Crippen LogP contribution in [-0.4, -0.2) is 46.6 Å². The van der Waals surface area contributed by atoms with Crippen molar-refractivity contribution in [1.29, 1.82) is 0 Å². The van der Waals surface area contributed by atoms with E-state index in [0.29, 0.717) is 23.0 Å². The van der Waals surface area contributed by atoms with Crippen molar-refractivity contribution in [2.75, 3.05) is 32.3 Å². The van der Waals surface area contributed by atoms with Crippen LogP contribution in [0.1, 0.15) is 95.8 Å². The van der Waals surface area contributed by atoms with E-state index in [1.165, 1.54) is 25.2 Å². The SMILES string of the molecule is COc1c(N)cc(C(C)(C)C)cc1NC(C)=O.C[C@H]1CCC(Oc2ccc3nnc(C(C)(C)N(C)C)n3c2)c2ccccc21. The molecule has 1 amide bonds. The molecule has 5 rings (SSSR count). The molecule has 0 spiro atoms. The summed E-state index contributed by atoms with van der Waals surface area (Å²) in [6, 6.07) is 16.4. The van der Waals surface area contributed by atoms with E-state index in [1.807, 2.05) is 34.9 Å². The van der Waals surface area contributed by atoms with E-state index in [4.69, 9.17) is 15.2 Å². The number of hydrogen-bond acceptors (Lipinski definition) is 7. The van der Waals surface area contributed by atoms with Crippen LogP contribution in [0.5, 0.6) is 11.5 Å². The number of fused-ring (bicyclic) bond motifs is 2. The number of nitrogens with zero attached hydrogens (tertiary/aromatic N) is 4. The van der Waals surface area contributed by atoms with Crippen LogP contribution >= 0.6 is 0 Å². The van der Waals surface area contributed by atoms with Gasteiger partial charge in [0.05, 0.1) is 30.2 Å². The van der Waals surface area contributed by atoms with E-state index in [9.17, 15) is 4.79 Å². The van der Waals surface area contributed by atoms with Gasteiger partial charge in [-0.3, -0.25) is 14.1 Å². The van der Waals surface area contributed by atoms with E-state index in [-0.39, 0.29) is 23.0 Å². The first kappa shape index (κ1) is 32.8. The maximum atomic E-state index is 11.1. The summed E-state index contributed by atoms with van der Waals surface area (Å²) in [6.45, 7) is 14.3. The normalized spacial score (nSPS) is 16.6. The maximum absolute atomic E-state index is 11.1. The first-order valence-corrected chi connectivity index (χ1v) is 15.2. The molecule has 0 radical (unpaired) electrons. The van der Waals surface area contributed by atoms with Crippen molar-refractivity contribution in [3.8, 4) is 11.5 Å². The topological polar surface area (TPSA) is 107 Å². The zero-order valence-electron chi connectivity index (χ0n) is 27.9. The molecule has 44 heavy (non-hydrogen) atoms. The summed E-state index contributed by atoms with van der Waals surface area (Å²) in [5.74, 6) is 2.72. The number of carbonyl (C=O) groups is 1. The van der Waals surface area contributed by atoms with Gasteiger partial charge < -0.3 is 20.5 Å². The molecule has 9 nitrogen and oxygen atoms in total. The average molecular weight is 601 g/mol. The molecule has 1 unspecified atom stereocenters. The lowest BCUT2D eigenvalue weighted by Gasteiger charge is -2.31. The van der Waals surface area contributed by atoms with Crippen molar-refractivity contribution in [3.05, 3.63) is 77.2 Å². The first-order chi connectivity index (χ1) is 20.6. The molecule has 0 fully saturated rings. The predicted molar refractivity (Wildman–Crippen MR) is 178 cm³/mol. The molecule has 3 N–H and O–H groups in total. The van der Waals surface area contributed by atoms with Crippen LogP contribution in [0.25, 0.3) is 5.65 Å². The van der Waals surface area contributed by atoms with Crippen molar-refractivity contribution < 1.29 is 14.3 Å². The van der Waals surface area contributed by atoms with E-state index in [0.717, 1.165) is 35.6 Å². The third-order valence-electron chi connectivity index (χ3n) is 8.55. The van der Waals surface area contributed by atoms with Gasteiger partial charge in [0.25, 0.3) is 0 Å². The Labute approximate surface area is 261 Å². The Bertz CT molecular complexity index is 1620. The predicted octanol–water partition coefficient (Wildman–Crippen LogP) is 7.08. The summed E-state index contributed by atoms with van der Waals surface area (Å²) in [5, 5.41) is 11.5. The Morgan fingerprint density at radius 1 is 1.02 bits per heavy atom. The molecule has 236 valence electrons.